The van der Waals surface area contributed by atoms with E-state index >= 15 is 0 Å². The van der Waals surface area contributed by atoms with Gasteiger partial charge in [0.05, 0.1) is 12.6 Å². The summed E-state index contributed by atoms with van der Waals surface area (Å²) >= 11 is 3.40. The fourth-order valence-corrected chi connectivity index (χ4v) is 2.83. The smallest absolute Gasteiger partial charge is 0.223 e. The number of rotatable bonds is 0. The van der Waals surface area contributed by atoms with Crippen LogP contribution in [0.3, 0.4) is 0 Å². The van der Waals surface area contributed by atoms with Gasteiger partial charge in [-0.25, -0.2) is 4.98 Å². The van der Waals surface area contributed by atoms with E-state index in [9.17, 15) is 4.79 Å². The van der Waals surface area contributed by atoms with Crippen molar-refractivity contribution in [3.8, 4) is 5.88 Å². The average molecular weight is 297 g/mol. The first-order valence-corrected chi connectivity index (χ1v) is 6.60. The van der Waals surface area contributed by atoms with Crippen molar-refractivity contribution in [3.63, 3.8) is 0 Å². The van der Waals surface area contributed by atoms with Crippen molar-refractivity contribution in [2.45, 2.75) is 31.8 Å². The Morgan fingerprint density at radius 2 is 2.41 bits per heavy atom. The zero-order chi connectivity index (χ0) is 11.8. The maximum Gasteiger partial charge on any atom is 0.223 e. The van der Waals surface area contributed by atoms with E-state index in [1.807, 2.05) is 11.0 Å². The van der Waals surface area contributed by atoms with Gasteiger partial charge >= 0.3 is 0 Å². The molecular formula is C12H13BrN2O2. The van der Waals surface area contributed by atoms with E-state index in [1.165, 1.54) is 0 Å². The predicted octanol–water partition coefficient (Wildman–Crippen LogP) is 2.12. The van der Waals surface area contributed by atoms with Gasteiger partial charge in [-0.2, -0.15) is 0 Å². The molecule has 1 amide bonds. The predicted molar refractivity (Wildman–Crippen MR) is 65.6 cm³/mol. The third kappa shape index (κ3) is 2.04. The molecule has 0 bridgehead atoms. The van der Waals surface area contributed by atoms with E-state index < -0.39 is 0 Å². The Hall–Kier alpha value is -1.10. The molecule has 0 saturated carbocycles. The van der Waals surface area contributed by atoms with Crippen LogP contribution in [0, 0.1) is 0 Å². The minimum absolute atomic E-state index is 0.212. The highest BCUT2D eigenvalue weighted by molar-refractivity contribution is 9.10. The molecule has 3 rings (SSSR count). The number of carbonyl (C=O) groups excluding carboxylic acids is 1. The number of ether oxygens (including phenoxy) is 1. The summed E-state index contributed by atoms with van der Waals surface area (Å²) in [7, 11) is 0. The van der Waals surface area contributed by atoms with E-state index in [4.69, 9.17) is 4.74 Å². The van der Waals surface area contributed by atoms with Crippen molar-refractivity contribution in [2.24, 2.45) is 0 Å². The molecule has 4 nitrogen and oxygen atoms in total. The normalized spacial score (nSPS) is 23.5. The first-order chi connectivity index (χ1) is 8.24. The number of hydrogen-bond donors (Lipinski definition) is 0. The number of carbonyl (C=O) groups is 1. The van der Waals surface area contributed by atoms with Crippen LogP contribution in [0.1, 0.15) is 24.8 Å². The van der Waals surface area contributed by atoms with Crippen molar-refractivity contribution < 1.29 is 9.53 Å². The van der Waals surface area contributed by atoms with Gasteiger partial charge in [0.25, 0.3) is 0 Å². The van der Waals surface area contributed by atoms with E-state index in [0.717, 1.165) is 22.9 Å². The molecule has 0 N–H and O–H groups in total. The SMILES string of the molecule is O=C1CCCC2COc3ncc(Br)cc3CN12. The lowest BCUT2D eigenvalue weighted by molar-refractivity contribution is -0.137. The highest BCUT2D eigenvalue weighted by Gasteiger charge is 2.31. The molecule has 1 unspecified atom stereocenters. The van der Waals surface area contributed by atoms with Crippen LogP contribution in [-0.4, -0.2) is 28.4 Å². The quantitative estimate of drug-likeness (QED) is 0.736. The van der Waals surface area contributed by atoms with Gasteiger partial charge in [0.15, 0.2) is 0 Å². The largest absolute Gasteiger partial charge is 0.475 e. The molecule has 3 heterocycles. The fourth-order valence-electron chi connectivity index (χ4n) is 2.45. The number of pyridine rings is 1. The van der Waals surface area contributed by atoms with Crippen molar-refractivity contribution in [2.75, 3.05) is 6.61 Å². The maximum atomic E-state index is 11.9. The van der Waals surface area contributed by atoms with Crippen molar-refractivity contribution >= 4 is 21.8 Å². The fraction of sp³-hybridized carbons (Fsp3) is 0.500. The third-order valence-electron chi connectivity index (χ3n) is 3.33. The van der Waals surface area contributed by atoms with Crippen molar-refractivity contribution in [3.05, 3.63) is 22.3 Å². The van der Waals surface area contributed by atoms with Crippen LogP contribution in [-0.2, 0) is 11.3 Å². The molecule has 0 radical (unpaired) electrons. The van der Waals surface area contributed by atoms with E-state index in [1.54, 1.807) is 6.20 Å². The number of nitrogens with zero attached hydrogens (tertiary/aromatic N) is 2. The number of amides is 1. The first-order valence-electron chi connectivity index (χ1n) is 5.81. The molecule has 1 atom stereocenters. The van der Waals surface area contributed by atoms with Crippen LogP contribution in [0.2, 0.25) is 0 Å². The Balaban J connectivity index is 1.95. The lowest BCUT2D eigenvalue weighted by Crippen LogP contribution is -2.44. The molecular weight excluding hydrogens is 284 g/mol. The molecule has 1 aromatic rings. The molecule has 0 spiro atoms. The molecule has 0 aromatic carbocycles. The summed E-state index contributed by atoms with van der Waals surface area (Å²) in [6.45, 7) is 1.18. The van der Waals surface area contributed by atoms with E-state index in [0.29, 0.717) is 25.5 Å². The third-order valence-corrected chi connectivity index (χ3v) is 3.77. The van der Waals surface area contributed by atoms with E-state index in [-0.39, 0.29) is 11.9 Å². The zero-order valence-electron chi connectivity index (χ0n) is 9.36. The lowest BCUT2D eigenvalue weighted by atomic mass is 10.0. The van der Waals surface area contributed by atoms with Crippen molar-refractivity contribution in [1.82, 2.24) is 9.88 Å². The van der Waals surface area contributed by atoms with Crippen LogP contribution in [0.5, 0.6) is 5.88 Å². The summed E-state index contributed by atoms with van der Waals surface area (Å²) in [6.07, 6.45) is 4.38. The summed E-state index contributed by atoms with van der Waals surface area (Å²) in [6, 6.07) is 2.19. The Morgan fingerprint density at radius 1 is 1.53 bits per heavy atom. The summed E-state index contributed by atoms with van der Waals surface area (Å²) in [5.74, 6) is 0.896. The Kier molecular flexibility index (Phi) is 2.78. The van der Waals surface area contributed by atoms with Gasteiger partial charge in [0.1, 0.15) is 6.61 Å². The minimum atomic E-state index is 0.212. The number of halogens is 1. The Bertz CT molecular complexity index is 464. The molecule has 5 heteroatoms. The molecule has 1 aromatic heterocycles. The van der Waals surface area contributed by atoms with Crippen LogP contribution in [0.4, 0.5) is 0 Å². The second-order valence-electron chi connectivity index (χ2n) is 4.50. The van der Waals surface area contributed by atoms with Crippen LogP contribution >= 0.6 is 15.9 Å². The molecule has 1 fully saturated rings. The number of fused-ring (bicyclic) bond motifs is 2. The molecule has 17 heavy (non-hydrogen) atoms. The molecule has 0 aliphatic carbocycles. The van der Waals surface area contributed by atoms with Crippen LogP contribution in [0.25, 0.3) is 0 Å². The van der Waals surface area contributed by atoms with Gasteiger partial charge in [0, 0.05) is 22.7 Å². The highest BCUT2D eigenvalue weighted by Crippen LogP contribution is 2.29. The summed E-state index contributed by atoms with van der Waals surface area (Å²) in [5, 5.41) is 0. The number of hydrogen-bond acceptors (Lipinski definition) is 3. The van der Waals surface area contributed by atoms with Crippen molar-refractivity contribution in [1.29, 1.82) is 0 Å². The number of piperidine rings is 1. The average Bonchev–Trinajstić information content (AvgIpc) is 2.49. The Labute approximate surface area is 108 Å². The van der Waals surface area contributed by atoms with Gasteiger partial charge in [-0.15, -0.1) is 0 Å². The van der Waals surface area contributed by atoms with Crippen LogP contribution in [0.15, 0.2) is 16.7 Å². The standard InChI is InChI=1S/C12H13BrN2O2/c13-9-4-8-6-15-10(2-1-3-11(15)16)7-17-12(8)14-5-9/h4-5,10H,1-3,6-7H2. The monoisotopic (exact) mass is 296 g/mol. The molecule has 90 valence electrons. The lowest BCUT2D eigenvalue weighted by Gasteiger charge is -2.33. The first kappa shape index (κ1) is 11.0. The molecule has 2 aliphatic rings. The summed E-state index contributed by atoms with van der Waals surface area (Å²) in [4.78, 5) is 18.1. The van der Waals surface area contributed by atoms with Gasteiger partial charge in [-0.05, 0) is 34.8 Å². The molecule has 2 aliphatic heterocycles. The Morgan fingerprint density at radius 3 is 3.29 bits per heavy atom. The van der Waals surface area contributed by atoms with E-state index in [2.05, 4.69) is 20.9 Å². The zero-order valence-corrected chi connectivity index (χ0v) is 10.9. The van der Waals surface area contributed by atoms with Crippen LogP contribution < -0.4 is 4.74 Å². The topological polar surface area (TPSA) is 42.4 Å². The molecule has 1 saturated heterocycles. The van der Waals surface area contributed by atoms with Gasteiger partial charge in [0.2, 0.25) is 11.8 Å². The van der Waals surface area contributed by atoms with Gasteiger partial charge < -0.3 is 9.64 Å². The van der Waals surface area contributed by atoms with Gasteiger partial charge in [-0.3, -0.25) is 4.79 Å². The summed E-state index contributed by atoms with van der Waals surface area (Å²) in [5.41, 5.74) is 0.983. The minimum Gasteiger partial charge on any atom is -0.475 e. The number of aromatic nitrogens is 1. The highest BCUT2D eigenvalue weighted by atomic mass is 79.9. The second kappa shape index (κ2) is 4.29. The summed E-state index contributed by atoms with van der Waals surface area (Å²) < 4.78 is 6.61. The maximum absolute atomic E-state index is 11.9. The van der Waals surface area contributed by atoms with Gasteiger partial charge in [-0.1, -0.05) is 0 Å². The second-order valence-corrected chi connectivity index (χ2v) is 5.41.